The maximum atomic E-state index is 12.3. The van der Waals surface area contributed by atoms with E-state index in [1.807, 2.05) is 6.92 Å². The Morgan fingerprint density at radius 1 is 1.40 bits per heavy atom. The number of benzene rings is 1. The molecule has 0 radical (unpaired) electrons. The Hall–Kier alpha value is -0.630. The van der Waals surface area contributed by atoms with Gasteiger partial charge in [-0.15, -0.1) is 0 Å². The molecule has 1 saturated heterocycles. The summed E-state index contributed by atoms with van der Waals surface area (Å²) in [7, 11) is -3.51. The van der Waals surface area contributed by atoms with Gasteiger partial charge in [-0.05, 0) is 67.0 Å². The zero-order valence-corrected chi connectivity index (χ0v) is 13.9. The third kappa shape index (κ3) is 3.72. The van der Waals surface area contributed by atoms with Gasteiger partial charge in [0.1, 0.15) is 0 Å². The number of nitrogen functional groups attached to an aromatic ring is 1. The van der Waals surface area contributed by atoms with Gasteiger partial charge >= 0.3 is 0 Å². The summed E-state index contributed by atoms with van der Waals surface area (Å²) in [5.41, 5.74) is 6.15. The fourth-order valence-corrected chi connectivity index (χ4v) is 4.57. The Kier molecular flexibility index (Phi) is 5.06. The van der Waals surface area contributed by atoms with E-state index in [4.69, 9.17) is 5.73 Å². The van der Waals surface area contributed by atoms with Crippen LogP contribution in [-0.4, -0.2) is 39.0 Å². The summed E-state index contributed by atoms with van der Waals surface area (Å²) in [6, 6.07) is 4.91. The highest BCUT2D eigenvalue weighted by Crippen LogP contribution is 2.24. The van der Waals surface area contributed by atoms with Crippen molar-refractivity contribution in [2.24, 2.45) is 0 Å². The molecule has 0 amide bonds. The number of likely N-dealkylation sites (tertiary alicyclic amines) is 1. The number of nitrogens with zero attached hydrogens (tertiary/aromatic N) is 1. The summed E-state index contributed by atoms with van der Waals surface area (Å²) in [6.07, 6.45) is 2.39. The largest absolute Gasteiger partial charge is 0.399 e. The van der Waals surface area contributed by atoms with E-state index in [0.29, 0.717) is 16.7 Å². The number of anilines is 1. The first-order chi connectivity index (χ1) is 9.40. The van der Waals surface area contributed by atoms with Crippen LogP contribution in [0.1, 0.15) is 19.8 Å². The quantitative estimate of drug-likeness (QED) is 0.784. The average molecular weight is 362 g/mol. The zero-order chi connectivity index (χ0) is 14.8. The highest BCUT2D eigenvalue weighted by atomic mass is 79.9. The summed E-state index contributed by atoms with van der Waals surface area (Å²) in [4.78, 5) is 2.53. The summed E-state index contributed by atoms with van der Waals surface area (Å²) in [6.45, 7) is 4.56. The molecule has 0 saturated carbocycles. The molecule has 1 unspecified atom stereocenters. The van der Waals surface area contributed by atoms with Crippen LogP contribution in [-0.2, 0) is 10.0 Å². The van der Waals surface area contributed by atoms with Gasteiger partial charge in [0, 0.05) is 22.7 Å². The van der Waals surface area contributed by atoms with E-state index in [9.17, 15) is 8.42 Å². The molecular formula is C13H20BrN3O2S. The van der Waals surface area contributed by atoms with E-state index in [0.717, 1.165) is 13.1 Å². The van der Waals surface area contributed by atoms with Crippen LogP contribution in [0.3, 0.4) is 0 Å². The van der Waals surface area contributed by atoms with Crippen LogP contribution in [0, 0.1) is 0 Å². The van der Waals surface area contributed by atoms with Crippen molar-refractivity contribution in [3.8, 4) is 0 Å². The van der Waals surface area contributed by atoms with Crippen molar-refractivity contribution in [1.82, 2.24) is 9.62 Å². The fraction of sp³-hybridized carbons (Fsp3) is 0.538. The Bertz CT molecular complexity index is 571. The molecule has 1 aliphatic heterocycles. The Balaban J connectivity index is 2.03. The monoisotopic (exact) mass is 361 g/mol. The first-order valence-electron chi connectivity index (χ1n) is 6.69. The van der Waals surface area contributed by atoms with Crippen LogP contribution >= 0.6 is 15.9 Å². The number of halogens is 1. The molecule has 2 rings (SSSR count). The van der Waals surface area contributed by atoms with Crippen molar-refractivity contribution in [3.63, 3.8) is 0 Å². The fourth-order valence-electron chi connectivity index (χ4n) is 2.35. The van der Waals surface area contributed by atoms with Crippen LogP contribution in [0.15, 0.2) is 27.6 Å². The van der Waals surface area contributed by atoms with Crippen molar-refractivity contribution in [2.75, 3.05) is 25.4 Å². The third-order valence-corrected chi connectivity index (χ3v) is 5.98. The first-order valence-corrected chi connectivity index (χ1v) is 8.96. The van der Waals surface area contributed by atoms with Gasteiger partial charge in [0.2, 0.25) is 10.0 Å². The van der Waals surface area contributed by atoms with E-state index < -0.39 is 10.0 Å². The van der Waals surface area contributed by atoms with Gasteiger partial charge in [-0.1, -0.05) is 0 Å². The molecule has 1 heterocycles. The van der Waals surface area contributed by atoms with E-state index in [1.165, 1.54) is 18.9 Å². The number of nitrogens with two attached hydrogens (primary N) is 1. The second-order valence-corrected chi connectivity index (χ2v) is 7.72. The Morgan fingerprint density at radius 2 is 2.05 bits per heavy atom. The maximum absolute atomic E-state index is 12.3. The van der Waals surface area contributed by atoms with Crippen molar-refractivity contribution < 1.29 is 8.42 Å². The lowest BCUT2D eigenvalue weighted by Gasteiger charge is -2.23. The third-order valence-electron chi connectivity index (χ3n) is 3.58. The van der Waals surface area contributed by atoms with Crippen molar-refractivity contribution in [3.05, 3.63) is 22.7 Å². The van der Waals surface area contributed by atoms with Crippen LogP contribution in [0.5, 0.6) is 0 Å². The molecular weight excluding hydrogens is 342 g/mol. The molecule has 0 aliphatic carbocycles. The lowest BCUT2D eigenvalue weighted by Crippen LogP contribution is -2.40. The van der Waals surface area contributed by atoms with Gasteiger partial charge in [0.15, 0.2) is 0 Å². The van der Waals surface area contributed by atoms with Gasteiger partial charge in [-0.3, -0.25) is 4.90 Å². The Labute approximate surface area is 128 Å². The predicted molar refractivity (Wildman–Crippen MR) is 84.0 cm³/mol. The van der Waals surface area contributed by atoms with Crippen molar-refractivity contribution in [2.45, 2.75) is 30.7 Å². The molecule has 1 fully saturated rings. The second kappa shape index (κ2) is 6.43. The molecule has 0 aromatic heterocycles. The molecule has 1 aliphatic rings. The number of rotatable bonds is 5. The van der Waals surface area contributed by atoms with E-state index >= 15 is 0 Å². The highest BCUT2D eigenvalue weighted by molar-refractivity contribution is 9.10. The van der Waals surface area contributed by atoms with Crippen LogP contribution in [0.25, 0.3) is 0 Å². The molecule has 0 spiro atoms. The van der Waals surface area contributed by atoms with Crippen LogP contribution in [0.2, 0.25) is 0 Å². The van der Waals surface area contributed by atoms with Gasteiger partial charge in [0.05, 0.1) is 4.90 Å². The molecule has 7 heteroatoms. The summed E-state index contributed by atoms with van der Waals surface area (Å²) < 4.78 is 27.7. The summed E-state index contributed by atoms with van der Waals surface area (Å²) in [5, 5.41) is 0. The van der Waals surface area contributed by atoms with Crippen LogP contribution < -0.4 is 10.5 Å². The number of hydrogen-bond acceptors (Lipinski definition) is 4. The normalized spacial score (nSPS) is 18.3. The van der Waals surface area contributed by atoms with Gasteiger partial charge < -0.3 is 5.73 Å². The number of nitrogens with one attached hydrogen (secondary N) is 1. The molecule has 1 aromatic carbocycles. The lowest BCUT2D eigenvalue weighted by atomic mass is 10.3. The standard InChI is InChI=1S/C13H20BrN3O2S/c1-10(17-6-2-3-7-17)9-16-20(18,19)13-5-4-11(15)8-12(13)14/h4-5,8,10,16H,2-3,6-7,9,15H2,1H3. The van der Waals surface area contributed by atoms with Crippen LogP contribution in [0.4, 0.5) is 5.69 Å². The number of sulfonamides is 1. The van der Waals surface area contributed by atoms with Crippen molar-refractivity contribution >= 4 is 31.6 Å². The SMILES string of the molecule is CC(CNS(=O)(=O)c1ccc(N)cc1Br)N1CCCC1. The molecule has 1 aromatic rings. The smallest absolute Gasteiger partial charge is 0.241 e. The zero-order valence-electron chi connectivity index (χ0n) is 11.5. The molecule has 3 N–H and O–H groups in total. The average Bonchev–Trinajstić information content (AvgIpc) is 2.89. The number of hydrogen-bond donors (Lipinski definition) is 2. The Morgan fingerprint density at radius 3 is 2.65 bits per heavy atom. The molecule has 0 bridgehead atoms. The van der Waals surface area contributed by atoms with E-state index in [-0.39, 0.29) is 10.9 Å². The first kappa shape index (κ1) is 15.8. The topological polar surface area (TPSA) is 75.4 Å². The van der Waals surface area contributed by atoms with E-state index in [1.54, 1.807) is 12.1 Å². The predicted octanol–water partition coefficient (Wildman–Crippen LogP) is 1.79. The highest BCUT2D eigenvalue weighted by Gasteiger charge is 2.22. The maximum Gasteiger partial charge on any atom is 0.241 e. The second-order valence-electron chi connectivity index (χ2n) is 5.13. The van der Waals surface area contributed by atoms with Gasteiger partial charge in [-0.25, -0.2) is 13.1 Å². The van der Waals surface area contributed by atoms with Crippen molar-refractivity contribution in [1.29, 1.82) is 0 Å². The summed E-state index contributed by atoms with van der Waals surface area (Å²) >= 11 is 3.25. The molecule has 5 nitrogen and oxygen atoms in total. The lowest BCUT2D eigenvalue weighted by molar-refractivity contribution is 0.260. The van der Waals surface area contributed by atoms with Gasteiger partial charge in [0.25, 0.3) is 0 Å². The van der Waals surface area contributed by atoms with Gasteiger partial charge in [-0.2, -0.15) is 0 Å². The minimum absolute atomic E-state index is 0.208. The molecule has 1 atom stereocenters. The van der Waals surface area contributed by atoms with E-state index in [2.05, 4.69) is 25.6 Å². The minimum atomic E-state index is -3.51. The summed E-state index contributed by atoms with van der Waals surface area (Å²) in [5.74, 6) is 0. The minimum Gasteiger partial charge on any atom is -0.399 e. The molecule has 112 valence electrons. The molecule has 20 heavy (non-hydrogen) atoms.